The Morgan fingerprint density at radius 3 is 2.53 bits per heavy atom. The van der Waals surface area contributed by atoms with Crippen molar-refractivity contribution in [2.75, 3.05) is 13.1 Å². The molecule has 102 valence electrons. The van der Waals surface area contributed by atoms with Crippen molar-refractivity contribution in [1.29, 1.82) is 0 Å². The second-order valence-corrected chi connectivity index (χ2v) is 6.10. The quantitative estimate of drug-likeness (QED) is 0.767. The Labute approximate surface area is 115 Å². The van der Waals surface area contributed by atoms with Crippen LogP contribution in [-0.4, -0.2) is 23.5 Å². The summed E-state index contributed by atoms with van der Waals surface area (Å²) in [5.41, 5.74) is 2.28. The van der Waals surface area contributed by atoms with Gasteiger partial charge in [0.1, 0.15) is 5.82 Å². The van der Waals surface area contributed by atoms with Crippen LogP contribution < -0.4 is 0 Å². The summed E-state index contributed by atoms with van der Waals surface area (Å²) >= 11 is 0. The molecule has 1 fully saturated rings. The minimum absolute atomic E-state index is 0.0847. The van der Waals surface area contributed by atoms with E-state index < -0.39 is 0 Å². The van der Waals surface area contributed by atoms with Crippen molar-refractivity contribution >= 4 is 5.57 Å². The summed E-state index contributed by atoms with van der Waals surface area (Å²) in [5, 5.41) is 0. The Balaban J connectivity index is 1.78. The number of hydrogen-bond acceptors (Lipinski definition) is 1. The zero-order valence-corrected chi connectivity index (χ0v) is 11.7. The van der Waals surface area contributed by atoms with Crippen LogP contribution in [0.2, 0.25) is 0 Å². The number of halogens is 1. The van der Waals surface area contributed by atoms with Gasteiger partial charge in [0, 0.05) is 11.1 Å². The SMILES string of the molecule is CC1(N2CCCC2)CC=C(c2ccccc2F)CC1. The van der Waals surface area contributed by atoms with E-state index in [0.717, 1.165) is 24.8 Å². The van der Waals surface area contributed by atoms with Crippen LogP contribution in [0.15, 0.2) is 30.3 Å². The van der Waals surface area contributed by atoms with Gasteiger partial charge >= 0.3 is 0 Å². The molecule has 1 aliphatic carbocycles. The first-order valence-corrected chi connectivity index (χ1v) is 7.38. The molecule has 0 amide bonds. The number of allylic oxidation sites excluding steroid dienone is 1. The lowest BCUT2D eigenvalue weighted by Gasteiger charge is -2.41. The molecule has 1 heterocycles. The maximum absolute atomic E-state index is 13.8. The monoisotopic (exact) mass is 259 g/mol. The molecule has 0 saturated carbocycles. The molecule has 0 spiro atoms. The standard InChI is InChI=1S/C17H22FN/c1-17(19-12-4-5-13-19)10-8-14(9-11-17)15-6-2-3-7-16(15)18/h2-3,6-8H,4-5,9-13H2,1H3. The molecule has 0 N–H and O–H groups in total. The van der Waals surface area contributed by atoms with Crippen molar-refractivity contribution in [3.8, 4) is 0 Å². The molecule has 0 radical (unpaired) electrons. The van der Waals surface area contributed by atoms with Crippen LogP contribution in [0, 0.1) is 5.82 Å². The minimum Gasteiger partial charge on any atom is -0.298 e. The fraction of sp³-hybridized carbons (Fsp3) is 0.529. The first kappa shape index (κ1) is 12.9. The minimum atomic E-state index is -0.0847. The topological polar surface area (TPSA) is 3.24 Å². The normalized spacial score (nSPS) is 28.4. The first-order chi connectivity index (χ1) is 9.19. The maximum Gasteiger partial charge on any atom is 0.130 e. The predicted octanol–water partition coefficient (Wildman–Crippen LogP) is 4.25. The molecule has 3 rings (SSSR count). The van der Waals surface area contributed by atoms with E-state index in [1.165, 1.54) is 31.5 Å². The van der Waals surface area contributed by atoms with E-state index in [4.69, 9.17) is 0 Å². The fourth-order valence-corrected chi connectivity index (χ4v) is 3.46. The summed E-state index contributed by atoms with van der Waals surface area (Å²) in [6.45, 7) is 4.84. The molecule has 1 atom stereocenters. The van der Waals surface area contributed by atoms with Crippen molar-refractivity contribution in [1.82, 2.24) is 4.90 Å². The smallest absolute Gasteiger partial charge is 0.130 e. The fourth-order valence-electron chi connectivity index (χ4n) is 3.46. The van der Waals surface area contributed by atoms with Gasteiger partial charge in [0.25, 0.3) is 0 Å². The average Bonchev–Trinajstić information content (AvgIpc) is 2.95. The number of benzene rings is 1. The maximum atomic E-state index is 13.8. The van der Waals surface area contributed by atoms with Gasteiger partial charge in [-0.05, 0) is 63.8 Å². The zero-order valence-electron chi connectivity index (χ0n) is 11.7. The molecule has 1 unspecified atom stereocenters. The van der Waals surface area contributed by atoms with Crippen molar-refractivity contribution in [2.24, 2.45) is 0 Å². The van der Waals surface area contributed by atoms with E-state index in [9.17, 15) is 4.39 Å². The molecule has 2 aliphatic rings. The molecule has 2 heteroatoms. The molecule has 1 aromatic rings. The lowest BCUT2D eigenvalue weighted by Crippen LogP contribution is -2.45. The van der Waals surface area contributed by atoms with Gasteiger partial charge in [-0.2, -0.15) is 0 Å². The van der Waals surface area contributed by atoms with Gasteiger partial charge in [-0.1, -0.05) is 24.3 Å². The molecule has 0 aromatic heterocycles. The second-order valence-electron chi connectivity index (χ2n) is 6.10. The van der Waals surface area contributed by atoms with Gasteiger partial charge in [0.05, 0.1) is 0 Å². The highest BCUT2D eigenvalue weighted by molar-refractivity contribution is 5.67. The predicted molar refractivity (Wildman–Crippen MR) is 77.4 cm³/mol. The largest absolute Gasteiger partial charge is 0.298 e. The number of likely N-dealkylation sites (tertiary alicyclic amines) is 1. The van der Waals surface area contributed by atoms with Crippen molar-refractivity contribution in [2.45, 2.75) is 44.6 Å². The Morgan fingerprint density at radius 1 is 1.16 bits per heavy atom. The molecule has 1 saturated heterocycles. The highest BCUT2D eigenvalue weighted by Crippen LogP contribution is 2.38. The van der Waals surface area contributed by atoms with Crippen LogP contribution in [0.25, 0.3) is 5.57 Å². The van der Waals surface area contributed by atoms with Crippen LogP contribution in [0.5, 0.6) is 0 Å². The summed E-state index contributed by atoms with van der Waals surface area (Å²) in [5.74, 6) is -0.0847. The van der Waals surface area contributed by atoms with E-state index in [2.05, 4.69) is 17.9 Å². The summed E-state index contributed by atoms with van der Waals surface area (Å²) in [6, 6.07) is 7.15. The van der Waals surface area contributed by atoms with Gasteiger partial charge in [0.15, 0.2) is 0 Å². The number of nitrogens with zero attached hydrogens (tertiary/aromatic N) is 1. The first-order valence-electron chi connectivity index (χ1n) is 7.38. The van der Waals surface area contributed by atoms with Crippen LogP contribution >= 0.6 is 0 Å². The van der Waals surface area contributed by atoms with Crippen molar-refractivity contribution < 1.29 is 4.39 Å². The zero-order chi connectivity index (χ0) is 13.3. The highest BCUT2D eigenvalue weighted by atomic mass is 19.1. The van der Waals surface area contributed by atoms with Crippen molar-refractivity contribution in [3.05, 3.63) is 41.7 Å². The Hall–Kier alpha value is -1.15. The lowest BCUT2D eigenvalue weighted by molar-refractivity contribution is 0.125. The summed E-state index contributed by atoms with van der Waals surface area (Å²) in [4.78, 5) is 2.63. The second kappa shape index (κ2) is 5.09. The Bertz CT molecular complexity index is 488. The summed E-state index contributed by atoms with van der Waals surface area (Å²) in [6.07, 6.45) is 8.12. The molecule has 19 heavy (non-hydrogen) atoms. The van der Waals surface area contributed by atoms with E-state index in [1.54, 1.807) is 12.1 Å². The van der Waals surface area contributed by atoms with Crippen molar-refractivity contribution in [3.63, 3.8) is 0 Å². The number of hydrogen-bond donors (Lipinski definition) is 0. The van der Waals surface area contributed by atoms with Gasteiger partial charge < -0.3 is 0 Å². The summed E-state index contributed by atoms with van der Waals surface area (Å²) < 4.78 is 13.8. The van der Waals surface area contributed by atoms with Gasteiger partial charge in [-0.25, -0.2) is 4.39 Å². The third kappa shape index (κ3) is 2.46. The van der Waals surface area contributed by atoms with Crippen LogP contribution in [0.3, 0.4) is 0 Å². The summed E-state index contributed by atoms with van der Waals surface area (Å²) in [7, 11) is 0. The van der Waals surface area contributed by atoms with Crippen LogP contribution in [0.1, 0.15) is 44.6 Å². The van der Waals surface area contributed by atoms with Crippen LogP contribution in [0.4, 0.5) is 4.39 Å². The van der Waals surface area contributed by atoms with Gasteiger partial charge in [0.2, 0.25) is 0 Å². The lowest BCUT2D eigenvalue weighted by atomic mass is 9.81. The highest BCUT2D eigenvalue weighted by Gasteiger charge is 2.34. The van der Waals surface area contributed by atoms with E-state index in [0.29, 0.717) is 5.54 Å². The Kier molecular flexibility index (Phi) is 3.44. The molecule has 0 bridgehead atoms. The van der Waals surface area contributed by atoms with Gasteiger partial charge in [-0.15, -0.1) is 0 Å². The average molecular weight is 259 g/mol. The van der Waals surface area contributed by atoms with E-state index in [-0.39, 0.29) is 5.82 Å². The number of rotatable bonds is 2. The third-order valence-electron chi connectivity index (χ3n) is 4.81. The third-order valence-corrected chi connectivity index (χ3v) is 4.81. The molecular weight excluding hydrogens is 237 g/mol. The van der Waals surface area contributed by atoms with E-state index >= 15 is 0 Å². The molecule has 1 aromatic carbocycles. The molecule has 1 aliphatic heterocycles. The Morgan fingerprint density at radius 2 is 1.89 bits per heavy atom. The van der Waals surface area contributed by atoms with Crippen LogP contribution in [-0.2, 0) is 0 Å². The molecule has 1 nitrogen and oxygen atoms in total. The van der Waals surface area contributed by atoms with E-state index in [1.807, 2.05) is 12.1 Å². The van der Waals surface area contributed by atoms with Gasteiger partial charge in [-0.3, -0.25) is 4.90 Å². The molecular formula is C17H22FN.